The predicted molar refractivity (Wildman–Crippen MR) is 132 cm³/mol. The van der Waals surface area contributed by atoms with Gasteiger partial charge in [0.25, 0.3) is 0 Å². The first kappa shape index (κ1) is 22.2. The van der Waals surface area contributed by atoms with Crippen molar-refractivity contribution in [2.45, 2.75) is 11.9 Å². The van der Waals surface area contributed by atoms with E-state index >= 15 is 0 Å². The van der Waals surface area contributed by atoms with Crippen molar-refractivity contribution < 1.29 is 19.0 Å². The van der Waals surface area contributed by atoms with E-state index in [9.17, 15) is 4.79 Å². The molecule has 34 heavy (non-hydrogen) atoms. The van der Waals surface area contributed by atoms with Gasteiger partial charge in [-0.2, -0.15) is 0 Å². The fraction of sp³-hybridized carbons (Fsp3) is 0.167. The molecule has 0 unspecified atom stereocenters. The van der Waals surface area contributed by atoms with Crippen LogP contribution in [0.1, 0.15) is 5.69 Å². The summed E-state index contributed by atoms with van der Waals surface area (Å²) >= 11 is 2.88. The van der Waals surface area contributed by atoms with Gasteiger partial charge >= 0.3 is 0 Å². The molecule has 0 saturated heterocycles. The molecule has 1 N–H and O–H groups in total. The van der Waals surface area contributed by atoms with Crippen molar-refractivity contribution in [1.82, 2.24) is 15.2 Å². The molecule has 0 aliphatic carbocycles. The molecule has 2 aromatic carbocycles. The molecule has 10 heteroatoms. The lowest BCUT2D eigenvalue weighted by Gasteiger charge is -2.06. The highest BCUT2D eigenvalue weighted by Gasteiger charge is 2.16. The number of hydrogen-bond acceptors (Lipinski definition) is 9. The van der Waals surface area contributed by atoms with Crippen molar-refractivity contribution in [3.8, 4) is 38.4 Å². The maximum Gasteiger partial charge on any atom is 0.234 e. The summed E-state index contributed by atoms with van der Waals surface area (Å²) in [6.07, 6.45) is 0. The Hall–Kier alpha value is -3.63. The predicted octanol–water partition coefficient (Wildman–Crippen LogP) is 5.04. The van der Waals surface area contributed by atoms with Crippen LogP contribution in [0.3, 0.4) is 0 Å². The number of aromatic nitrogens is 3. The van der Waals surface area contributed by atoms with Gasteiger partial charge in [0.1, 0.15) is 21.5 Å². The number of ether oxygens (including phenoxy) is 3. The van der Waals surface area contributed by atoms with Crippen LogP contribution in [0.2, 0.25) is 0 Å². The summed E-state index contributed by atoms with van der Waals surface area (Å²) in [5.74, 6) is 2.16. The first-order chi connectivity index (χ1) is 16.6. The van der Waals surface area contributed by atoms with Gasteiger partial charge in [0.15, 0.2) is 11.5 Å². The molecular formula is C24H20N4O4S2. The summed E-state index contributed by atoms with van der Waals surface area (Å²) in [7, 11) is 1.65. The summed E-state index contributed by atoms with van der Waals surface area (Å²) in [6.45, 7) is 2.15. The van der Waals surface area contributed by atoms with Crippen molar-refractivity contribution in [3.63, 3.8) is 0 Å². The first-order valence-electron chi connectivity index (χ1n) is 10.4. The number of carbonyl (C=O) groups is 1. The Morgan fingerprint density at radius 3 is 2.82 bits per heavy atom. The third-order valence-electron chi connectivity index (χ3n) is 4.99. The molecule has 0 saturated carbocycles. The van der Waals surface area contributed by atoms with Crippen LogP contribution >= 0.6 is 23.1 Å². The summed E-state index contributed by atoms with van der Waals surface area (Å²) in [5.41, 5.74) is 3.29. The second-order valence-corrected chi connectivity index (χ2v) is 9.32. The second kappa shape index (κ2) is 9.70. The number of aryl methyl sites for hydroxylation is 1. The van der Waals surface area contributed by atoms with E-state index in [1.165, 1.54) is 11.8 Å². The van der Waals surface area contributed by atoms with Crippen molar-refractivity contribution in [1.29, 1.82) is 0 Å². The Morgan fingerprint density at radius 2 is 2.00 bits per heavy atom. The number of nitrogens with one attached hydrogen (secondary N) is 1. The second-order valence-electron chi connectivity index (χ2n) is 7.33. The maximum atomic E-state index is 12.3. The van der Waals surface area contributed by atoms with Gasteiger partial charge in [-0.1, -0.05) is 23.9 Å². The molecule has 8 nitrogen and oxygen atoms in total. The zero-order valence-corrected chi connectivity index (χ0v) is 20.0. The van der Waals surface area contributed by atoms with Crippen LogP contribution in [0, 0.1) is 6.92 Å². The Balaban J connectivity index is 1.22. The Bertz CT molecular complexity index is 1340. The molecular weight excluding hydrogens is 472 g/mol. The molecule has 4 aromatic rings. The number of anilines is 1. The summed E-state index contributed by atoms with van der Waals surface area (Å²) < 4.78 is 15.9. The van der Waals surface area contributed by atoms with Gasteiger partial charge in [-0.25, -0.2) is 4.98 Å². The molecule has 1 amide bonds. The van der Waals surface area contributed by atoms with E-state index in [1.807, 2.05) is 43.3 Å². The van der Waals surface area contributed by atoms with Crippen LogP contribution in [-0.4, -0.2) is 40.7 Å². The minimum atomic E-state index is -0.143. The highest BCUT2D eigenvalue weighted by atomic mass is 32.2. The molecule has 0 atom stereocenters. The third-order valence-corrected chi connectivity index (χ3v) is 7.14. The van der Waals surface area contributed by atoms with Gasteiger partial charge in [0, 0.05) is 17.3 Å². The number of thioether (sulfide) groups is 1. The number of carbonyl (C=O) groups excluding carboxylic acids is 1. The molecule has 0 bridgehead atoms. The Kier molecular flexibility index (Phi) is 6.33. The zero-order chi connectivity index (χ0) is 23.5. The monoisotopic (exact) mass is 492 g/mol. The molecule has 1 aliphatic rings. The standard InChI is InChI=1S/C24H20N4O4S2/c1-14-23(34-24(25-14)15-4-3-5-17(10-15)30-2)18-7-9-22(28-27-18)33-12-21(29)26-16-6-8-19-20(11-16)32-13-31-19/h3-11H,12-13H2,1-2H3,(H,26,29). The number of thiazole rings is 1. The number of nitrogens with zero attached hydrogens (tertiary/aromatic N) is 3. The highest BCUT2D eigenvalue weighted by Crippen LogP contribution is 2.36. The molecule has 5 rings (SSSR count). The maximum absolute atomic E-state index is 12.3. The summed E-state index contributed by atoms with van der Waals surface area (Å²) in [5, 5.41) is 13.1. The highest BCUT2D eigenvalue weighted by molar-refractivity contribution is 7.99. The molecule has 0 fully saturated rings. The van der Waals surface area contributed by atoms with Crippen LogP contribution in [0.4, 0.5) is 5.69 Å². The minimum Gasteiger partial charge on any atom is -0.497 e. The largest absolute Gasteiger partial charge is 0.497 e. The number of amides is 1. The minimum absolute atomic E-state index is 0.143. The molecule has 3 heterocycles. The quantitative estimate of drug-likeness (QED) is 0.359. The number of benzene rings is 2. The third kappa shape index (κ3) is 4.82. The van der Waals surface area contributed by atoms with Crippen LogP contribution in [-0.2, 0) is 4.79 Å². The van der Waals surface area contributed by atoms with E-state index in [0.717, 1.165) is 32.6 Å². The Morgan fingerprint density at radius 1 is 1.12 bits per heavy atom. The zero-order valence-electron chi connectivity index (χ0n) is 18.4. The number of methoxy groups -OCH3 is 1. The van der Waals surface area contributed by atoms with Gasteiger partial charge in [0.2, 0.25) is 12.7 Å². The molecule has 1 aliphatic heterocycles. The van der Waals surface area contributed by atoms with E-state index in [4.69, 9.17) is 19.2 Å². The molecule has 172 valence electrons. The van der Waals surface area contributed by atoms with E-state index in [2.05, 4.69) is 15.5 Å². The van der Waals surface area contributed by atoms with Crippen molar-refractivity contribution in [2.75, 3.05) is 25.0 Å². The SMILES string of the molecule is COc1cccc(-c2nc(C)c(-c3ccc(SCC(=O)Nc4ccc5c(c4)OCO5)nn3)s2)c1. The van der Waals surface area contributed by atoms with Gasteiger partial charge in [-0.15, -0.1) is 21.5 Å². The lowest BCUT2D eigenvalue weighted by molar-refractivity contribution is -0.113. The summed E-state index contributed by atoms with van der Waals surface area (Å²) in [6, 6.07) is 16.9. The lowest BCUT2D eigenvalue weighted by atomic mass is 10.2. The van der Waals surface area contributed by atoms with Crippen molar-refractivity contribution in [2.24, 2.45) is 0 Å². The number of fused-ring (bicyclic) bond motifs is 1. The fourth-order valence-corrected chi connectivity index (χ4v) is 4.98. The fourth-order valence-electron chi connectivity index (χ4n) is 3.34. The van der Waals surface area contributed by atoms with Gasteiger partial charge in [-0.05, 0) is 43.3 Å². The van der Waals surface area contributed by atoms with E-state index in [1.54, 1.807) is 36.6 Å². The smallest absolute Gasteiger partial charge is 0.234 e. The van der Waals surface area contributed by atoms with Crippen LogP contribution in [0.25, 0.3) is 21.1 Å². The Labute approximate surface area is 204 Å². The van der Waals surface area contributed by atoms with Crippen LogP contribution in [0.15, 0.2) is 59.6 Å². The molecule has 2 aromatic heterocycles. The van der Waals surface area contributed by atoms with Crippen molar-refractivity contribution >= 4 is 34.7 Å². The van der Waals surface area contributed by atoms with Crippen molar-refractivity contribution in [3.05, 3.63) is 60.3 Å². The normalized spacial score (nSPS) is 11.9. The summed E-state index contributed by atoms with van der Waals surface area (Å²) in [4.78, 5) is 18.0. The van der Waals surface area contributed by atoms with Crippen LogP contribution < -0.4 is 19.5 Å². The number of hydrogen-bond donors (Lipinski definition) is 1. The van der Waals surface area contributed by atoms with Gasteiger partial charge in [0.05, 0.1) is 23.4 Å². The van der Waals surface area contributed by atoms with E-state index in [0.29, 0.717) is 22.2 Å². The van der Waals surface area contributed by atoms with Crippen LogP contribution in [0.5, 0.6) is 17.2 Å². The number of rotatable bonds is 7. The lowest BCUT2D eigenvalue weighted by Crippen LogP contribution is -2.14. The van der Waals surface area contributed by atoms with Gasteiger partial charge in [-0.3, -0.25) is 4.79 Å². The van der Waals surface area contributed by atoms with E-state index < -0.39 is 0 Å². The topological polar surface area (TPSA) is 95.5 Å². The van der Waals surface area contributed by atoms with E-state index in [-0.39, 0.29) is 18.5 Å². The molecule has 0 spiro atoms. The first-order valence-corrected chi connectivity index (χ1v) is 12.2. The average Bonchev–Trinajstić information content (AvgIpc) is 3.49. The molecule has 0 radical (unpaired) electrons. The van der Waals surface area contributed by atoms with Gasteiger partial charge < -0.3 is 19.5 Å². The average molecular weight is 493 g/mol.